The number of aryl methyl sites for hydroxylation is 1. The van der Waals surface area contributed by atoms with Crippen LogP contribution in [0, 0.1) is 17.1 Å². The molecule has 0 bridgehead atoms. The van der Waals surface area contributed by atoms with Crippen LogP contribution in [-0.2, 0) is 22.4 Å². The predicted molar refractivity (Wildman–Crippen MR) is 109 cm³/mol. The minimum atomic E-state index is -5.39. The van der Waals surface area contributed by atoms with Gasteiger partial charge in [-0.2, -0.15) is 18.4 Å². The highest BCUT2D eigenvalue weighted by atomic mass is 32.1. The van der Waals surface area contributed by atoms with E-state index in [0.29, 0.717) is 18.4 Å². The van der Waals surface area contributed by atoms with E-state index in [0.717, 1.165) is 41.2 Å². The third-order valence-corrected chi connectivity index (χ3v) is 6.22. The Balaban J connectivity index is 2.11. The Labute approximate surface area is 185 Å². The molecule has 11 heteroatoms. The van der Waals surface area contributed by atoms with Crippen LogP contribution in [0.4, 0.5) is 22.6 Å². The Morgan fingerprint density at radius 1 is 1.22 bits per heavy atom. The van der Waals surface area contributed by atoms with Crippen LogP contribution in [0.1, 0.15) is 46.1 Å². The SMILES string of the molecule is CCOC(=O)[C@](NC(=O)c1ccccc1F)(Nc1sc2c(c1C#N)CCCC2)C(F)(F)F. The number of alkyl halides is 3. The van der Waals surface area contributed by atoms with E-state index in [1.807, 2.05) is 6.07 Å². The second kappa shape index (κ2) is 9.16. The van der Waals surface area contributed by atoms with Crippen molar-refractivity contribution in [1.82, 2.24) is 5.32 Å². The molecule has 32 heavy (non-hydrogen) atoms. The molecule has 0 unspecified atom stereocenters. The summed E-state index contributed by atoms with van der Waals surface area (Å²) in [4.78, 5) is 26.0. The number of hydrogen-bond acceptors (Lipinski definition) is 6. The third-order valence-electron chi connectivity index (χ3n) is 5.01. The number of hydrogen-bond donors (Lipinski definition) is 2. The van der Waals surface area contributed by atoms with Gasteiger partial charge in [0.25, 0.3) is 5.91 Å². The van der Waals surface area contributed by atoms with Gasteiger partial charge >= 0.3 is 17.8 Å². The van der Waals surface area contributed by atoms with E-state index in [2.05, 4.69) is 10.1 Å². The van der Waals surface area contributed by atoms with Crippen molar-refractivity contribution in [3.63, 3.8) is 0 Å². The maximum atomic E-state index is 14.4. The number of esters is 1. The quantitative estimate of drug-likeness (QED) is 0.374. The number of rotatable bonds is 6. The molecule has 2 aromatic rings. The summed E-state index contributed by atoms with van der Waals surface area (Å²) in [6.45, 7) is 0.905. The molecule has 0 aliphatic heterocycles. The van der Waals surface area contributed by atoms with Crippen molar-refractivity contribution in [1.29, 1.82) is 5.26 Å². The van der Waals surface area contributed by atoms with E-state index < -0.39 is 41.7 Å². The van der Waals surface area contributed by atoms with Gasteiger partial charge in [0.2, 0.25) is 0 Å². The van der Waals surface area contributed by atoms with Gasteiger partial charge in [0.1, 0.15) is 16.9 Å². The van der Waals surface area contributed by atoms with Crippen LogP contribution in [0.5, 0.6) is 0 Å². The molecular formula is C21H19F4N3O3S. The number of ether oxygens (including phenoxy) is 1. The summed E-state index contributed by atoms with van der Waals surface area (Å²) in [5, 5.41) is 13.0. The number of fused-ring (bicyclic) bond motifs is 1. The van der Waals surface area contributed by atoms with E-state index in [9.17, 15) is 32.4 Å². The number of nitrogens with one attached hydrogen (secondary N) is 2. The molecule has 0 spiro atoms. The summed E-state index contributed by atoms with van der Waals surface area (Å²) >= 11 is 0.924. The predicted octanol–water partition coefficient (Wildman–Crippen LogP) is 4.30. The monoisotopic (exact) mass is 469 g/mol. The Morgan fingerprint density at radius 2 is 1.91 bits per heavy atom. The first-order valence-electron chi connectivity index (χ1n) is 9.78. The molecule has 2 N–H and O–H groups in total. The topological polar surface area (TPSA) is 91.2 Å². The lowest BCUT2D eigenvalue weighted by atomic mass is 9.96. The molecule has 1 heterocycles. The van der Waals surface area contributed by atoms with E-state index in [4.69, 9.17) is 0 Å². The van der Waals surface area contributed by atoms with Crippen molar-refractivity contribution >= 4 is 28.2 Å². The first kappa shape index (κ1) is 23.5. The van der Waals surface area contributed by atoms with Crippen molar-refractivity contribution in [2.75, 3.05) is 11.9 Å². The fraction of sp³-hybridized carbons (Fsp3) is 0.381. The van der Waals surface area contributed by atoms with E-state index in [1.165, 1.54) is 19.1 Å². The van der Waals surface area contributed by atoms with Crippen molar-refractivity contribution in [2.45, 2.75) is 44.4 Å². The van der Waals surface area contributed by atoms with Crippen LogP contribution in [0.3, 0.4) is 0 Å². The average Bonchev–Trinajstić information content (AvgIpc) is 3.09. The molecule has 1 aromatic carbocycles. The zero-order chi connectivity index (χ0) is 23.5. The number of halogens is 4. The van der Waals surface area contributed by atoms with Crippen molar-refractivity contribution in [2.24, 2.45) is 0 Å². The number of benzene rings is 1. The molecule has 1 atom stereocenters. The van der Waals surface area contributed by atoms with E-state index >= 15 is 0 Å². The molecule has 0 saturated carbocycles. The molecule has 170 valence electrons. The van der Waals surface area contributed by atoms with Crippen LogP contribution in [0.25, 0.3) is 0 Å². The second-order valence-corrected chi connectivity index (χ2v) is 8.16. The molecule has 0 saturated heterocycles. The molecule has 1 aliphatic carbocycles. The van der Waals surface area contributed by atoms with Crippen molar-refractivity contribution in [3.8, 4) is 6.07 Å². The molecule has 0 fully saturated rings. The van der Waals surface area contributed by atoms with Crippen LogP contribution in [0.15, 0.2) is 24.3 Å². The zero-order valence-electron chi connectivity index (χ0n) is 16.9. The summed E-state index contributed by atoms with van der Waals surface area (Å²) in [5.74, 6) is -4.36. The highest BCUT2D eigenvalue weighted by molar-refractivity contribution is 7.16. The van der Waals surface area contributed by atoms with Gasteiger partial charge < -0.3 is 15.4 Å². The number of amides is 1. The zero-order valence-corrected chi connectivity index (χ0v) is 17.8. The Hall–Kier alpha value is -3.13. The average molecular weight is 469 g/mol. The van der Waals surface area contributed by atoms with Gasteiger partial charge in [0, 0.05) is 4.88 Å². The van der Waals surface area contributed by atoms with E-state index in [1.54, 1.807) is 5.32 Å². The van der Waals surface area contributed by atoms with Crippen molar-refractivity contribution in [3.05, 3.63) is 51.7 Å². The lowest BCUT2D eigenvalue weighted by Gasteiger charge is -2.35. The normalized spacial score (nSPS) is 15.1. The first-order valence-corrected chi connectivity index (χ1v) is 10.6. The van der Waals surface area contributed by atoms with Crippen molar-refractivity contribution < 1.29 is 31.9 Å². The molecule has 1 aliphatic rings. The Kier molecular flexibility index (Phi) is 6.74. The molecule has 6 nitrogen and oxygen atoms in total. The number of carbonyl (C=O) groups is 2. The number of thiophene rings is 1. The fourth-order valence-corrected chi connectivity index (χ4v) is 4.75. The smallest absolute Gasteiger partial charge is 0.441 e. The summed E-state index contributed by atoms with van der Waals surface area (Å²) in [6, 6.07) is 6.33. The van der Waals surface area contributed by atoms with Crippen LogP contribution in [-0.4, -0.2) is 30.3 Å². The third kappa shape index (κ3) is 4.27. The maximum absolute atomic E-state index is 14.4. The van der Waals surface area contributed by atoms with E-state index in [-0.39, 0.29) is 10.6 Å². The molecular weight excluding hydrogens is 450 g/mol. The lowest BCUT2D eigenvalue weighted by Crippen LogP contribution is -2.69. The maximum Gasteiger partial charge on any atom is 0.441 e. The Morgan fingerprint density at radius 3 is 2.53 bits per heavy atom. The van der Waals surface area contributed by atoms with Gasteiger partial charge in [-0.05, 0) is 50.3 Å². The highest BCUT2D eigenvalue weighted by Gasteiger charge is 2.64. The lowest BCUT2D eigenvalue weighted by molar-refractivity contribution is -0.204. The first-order chi connectivity index (χ1) is 15.1. The molecule has 0 radical (unpaired) electrons. The fourth-order valence-electron chi connectivity index (χ4n) is 3.46. The number of nitriles is 1. The number of anilines is 1. The van der Waals surface area contributed by atoms with Gasteiger partial charge in [-0.3, -0.25) is 4.79 Å². The molecule has 3 rings (SSSR count). The number of carbonyl (C=O) groups excluding carboxylic acids is 2. The number of nitrogens with zero attached hydrogens (tertiary/aromatic N) is 1. The summed E-state index contributed by atoms with van der Waals surface area (Å²) < 4.78 is 61.8. The minimum absolute atomic E-state index is 0.0113. The highest BCUT2D eigenvalue weighted by Crippen LogP contribution is 2.41. The Bertz CT molecular complexity index is 1080. The second-order valence-electron chi connectivity index (χ2n) is 7.05. The van der Waals surface area contributed by atoms with Gasteiger partial charge in [-0.1, -0.05) is 12.1 Å². The van der Waals surface area contributed by atoms with Crippen LogP contribution < -0.4 is 10.6 Å². The summed E-state index contributed by atoms with van der Waals surface area (Å²) in [7, 11) is 0. The van der Waals surface area contributed by atoms with Gasteiger partial charge in [-0.15, -0.1) is 11.3 Å². The summed E-state index contributed by atoms with van der Waals surface area (Å²) in [6.07, 6.45) is -2.67. The molecule has 1 amide bonds. The van der Waals surface area contributed by atoms with Gasteiger partial charge in [0.05, 0.1) is 17.7 Å². The largest absolute Gasteiger partial charge is 0.463 e. The molecule has 1 aromatic heterocycles. The van der Waals surface area contributed by atoms with Crippen LogP contribution >= 0.6 is 11.3 Å². The van der Waals surface area contributed by atoms with Crippen LogP contribution in [0.2, 0.25) is 0 Å². The van der Waals surface area contributed by atoms with Gasteiger partial charge in [0.15, 0.2) is 0 Å². The minimum Gasteiger partial charge on any atom is -0.463 e. The standard InChI is InChI=1S/C21H19F4N3O3S/c1-2-31-19(30)20(21(23,24)25,27-17(29)13-8-3-5-9-15(13)22)28-18-14(11-26)12-7-4-6-10-16(12)32-18/h3,5,8-9,28H,2,4,6-7,10H2,1H3,(H,27,29)/t20-/m0/s1. The summed E-state index contributed by atoms with van der Waals surface area (Å²) in [5.41, 5.74) is -3.80. The van der Waals surface area contributed by atoms with Gasteiger partial charge in [-0.25, -0.2) is 9.18 Å².